The predicted molar refractivity (Wildman–Crippen MR) is 77.1 cm³/mol. The number of nitrogens with zero attached hydrogens (tertiary/aromatic N) is 1. The third-order valence-corrected chi connectivity index (χ3v) is 4.21. The van der Waals surface area contributed by atoms with E-state index in [0.717, 1.165) is 0 Å². The minimum absolute atomic E-state index is 0.0419. The van der Waals surface area contributed by atoms with Gasteiger partial charge in [-0.25, -0.2) is 0 Å². The zero-order chi connectivity index (χ0) is 15.0. The zero-order valence-electron chi connectivity index (χ0n) is 12.6. The van der Waals surface area contributed by atoms with Gasteiger partial charge < -0.3 is 20.7 Å². The Morgan fingerprint density at radius 3 is 2.35 bits per heavy atom. The molecular weight excluding hydrogens is 258 g/mol. The average Bonchev–Trinajstić information content (AvgIpc) is 2.50. The van der Waals surface area contributed by atoms with Gasteiger partial charge >= 0.3 is 0 Å². The molecule has 0 spiro atoms. The summed E-state index contributed by atoms with van der Waals surface area (Å²) in [6, 6.07) is 0. The monoisotopic (exact) mass is 285 g/mol. The molecule has 0 unspecified atom stereocenters. The minimum Gasteiger partial charge on any atom is -0.378 e. The third kappa shape index (κ3) is 4.18. The van der Waals surface area contributed by atoms with Gasteiger partial charge in [0.05, 0.1) is 18.6 Å². The number of carbonyl (C=O) groups is 2. The van der Waals surface area contributed by atoms with Crippen molar-refractivity contribution in [2.75, 3.05) is 39.4 Å². The first kappa shape index (κ1) is 16.9. The van der Waals surface area contributed by atoms with Gasteiger partial charge in [-0.05, 0) is 12.8 Å². The van der Waals surface area contributed by atoms with Gasteiger partial charge in [-0.3, -0.25) is 9.59 Å². The van der Waals surface area contributed by atoms with Crippen LogP contribution in [0.4, 0.5) is 0 Å². The fourth-order valence-corrected chi connectivity index (χ4v) is 2.39. The van der Waals surface area contributed by atoms with Crippen molar-refractivity contribution in [1.29, 1.82) is 0 Å². The highest BCUT2D eigenvalue weighted by Gasteiger charge is 2.33. The maximum absolute atomic E-state index is 12.2. The summed E-state index contributed by atoms with van der Waals surface area (Å²) in [4.78, 5) is 25.9. The summed E-state index contributed by atoms with van der Waals surface area (Å²) in [6.45, 7) is 7.12. The Kier molecular flexibility index (Phi) is 6.95. The summed E-state index contributed by atoms with van der Waals surface area (Å²) >= 11 is 0. The lowest BCUT2D eigenvalue weighted by Crippen LogP contribution is -2.47. The molecule has 1 fully saturated rings. The van der Waals surface area contributed by atoms with E-state index in [1.165, 1.54) is 0 Å². The Labute approximate surface area is 121 Å². The summed E-state index contributed by atoms with van der Waals surface area (Å²) in [5.41, 5.74) is 5.23. The van der Waals surface area contributed by atoms with E-state index in [1.54, 1.807) is 4.90 Å². The summed E-state index contributed by atoms with van der Waals surface area (Å²) in [5, 5.41) is 2.85. The molecule has 1 aliphatic heterocycles. The number of nitrogens with two attached hydrogens (primary N) is 1. The molecule has 0 aromatic carbocycles. The standard InChI is InChI=1S/C14H27N3O3/c1-3-14(4-2,11-15)13(19)16-6-5-12(18)17-7-9-20-10-8-17/h3-11,15H2,1-2H3,(H,16,19). The smallest absolute Gasteiger partial charge is 0.227 e. The Morgan fingerprint density at radius 2 is 1.85 bits per heavy atom. The van der Waals surface area contributed by atoms with E-state index in [2.05, 4.69) is 5.32 Å². The largest absolute Gasteiger partial charge is 0.378 e. The first-order chi connectivity index (χ1) is 9.59. The molecule has 6 heteroatoms. The van der Waals surface area contributed by atoms with Gasteiger partial charge in [-0.1, -0.05) is 13.8 Å². The zero-order valence-corrected chi connectivity index (χ0v) is 12.6. The van der Waals surface area contributed by atoms with Crippen molar-refractivity contribution < 1.29 is 14.3 Å². The second kappa shape index (κ2) is 8.21. The SMILES string of the molecule is CCC(CC)(CN)C(=O)NCCC(=O)N1CCOCC1. The molecule has 6 nitrogen and oxygen atoms in total. The van der Waals surface area contributed by atoms with Crippen molar-refractivity contribution in [2.24, 2.45) is 11.1 Å². The van der Waals surface area contributed by atoms with Crippen LogP contribution in [0.2, 0.25) is 0 Å². The molecule has 0 bridgehead atoms. The second-order valence-corrected chi connectivity index (χ2v) is 5.19. The van der Waals surface area contributed by atoms with Crippen LogP contribution in [0.15, 0.2) is 0 Å². The summed E-state index contributed by atoms with van der Waals surface area (Å²) in [6.07, 6.45) is 1.76. The fourth-order valence-electron chi connectivity index (χ4n) is 2.39. The van der Waals surface area contributed by atoms with Crippen LogP contribution < -0.4 is 11.1 Å². The average molecular weight is 285 g/mol. The molecule has 20 heavy (non-hydrogen) atoms. The number of rotatable bonds is 7. The lowest BCUT2D eigenvalue weighted by Gasteiger charge is -2.29. The van der Waals surface area contributed by atoms with Gasteiger partial charge in [0.15, 0.2) is 0 Å². The van der Waals surface area contributed by atoms with Crippen molar-refractivity contribution in [2.45, 2.75) is 33.1 Å². The van der Waals surface area contributed by atoms with Crippen molar-refractivity contribution in [3.63, 3.8) is 0 Å². The Bertz CT molecular complexity index is 315. The maximum atomic E-state index is 12.2. The first-order valence-electron chi connectivity index (χ1n) is 7.43. The first-order valence-corrected chi connectivity index (χ1v) is 7.43. The second-order valence-electron chi connectivity index (χ2n) is 5.19. The van der Waals surface area contributed by atoms with Crippen molar-refractivity contribution in [1.82, 2.24) is 10.2 Å². The third-order valence-electron chi connectivity index (χ3n) is 4.21. The number of hydrogen-bond acceptors (Lipinski definition) is 4. The van der Waals surface area contributed by atoms with Gasteiger partial charge in [0, 0.05) is 32.6 Å². The normalized spacial score (nSPS) is 16.1. The molecule has 1 rings (SSSR count). The molecule has 1 saturated heterocycles. The highest BCUT2D eigenvalue weighted by Crippen LogP contribution is 2.24. The van der Waals surface area contributed by atoms with E-state index in [0.29, 0.717) is 58.7 Å². The van der Waals surface area contributed by atoms with Gasteiger partial charge in [0.25, 0.3) is 0 Å². The lowest BCUT2D eigenvalue weighted by molar-refractivity contribution is -0.135. The predicted octanol–water partition coefficient (Wildman–Crippen LogP) is 0.117. The van der Waals surface area contributed by atoms with Gasteiger partial charge in [-0.2, -0.15) is 0 Å². The van der Waals surface area contributed by atoms with Crippen LogP contribution in [0.25, 0.3) is 0 Å². The van der Waals surface area contributed by atoms with E-state index in [-0.39, 0.29) is 11.8 Å². The van der Waals surface area contributed by atoms with Crippen LogP contribution in [-0.4, -0.2) is 56.1 Å². The number of ether oxygens (including phenoxy) is 1. The molecule has 1 aliphatic rings. The fraction of sp³-hybridized carbons (Fsp3) is 0.857. The number of nitrogens with one attached hydrogen (secondary N) is 1. The Hall–Kier alpha value is -1.14. The Balaban J connectivity index is 2.35. The molecule has 0 atom stereocenters. The van der Waals surface area contributed by atoms with Crippen molar-refractivity contribution in [3.05, 3.63) is 0 Å². The molecule has 3 N–H and O–H groups in total. The van der Waals surface area contributed by atoms with E-state index in [4.69, 9.17) is 10.5 Å². The quantitative estimate of drug-likeness (QED) is 0.695. The number of morpholine rings is 1. The molecule has 0 aliphatic carbocycles. The van der Waals surface area contributed by atoms with E-state index in [9.17, 15) is 9.59 Å². The van der Waals surface area contributed by atoms with Crippen LogP contribution in [0.1, 0.15) is 33.1 Å². The highest BCUT2D eigenvalue weighted by molar-refractivity contribution is 5.83. The summed E-state index contributed by atoms with van der Waals surface area (Å²) < 4.78 is 5.20. The van der Waals surface area contributed by atoms with E-state index >= 15 is 0 Å². The minimum atomic E-state index is -0.498. The van der Waals surface area contributed by atoms with Gasteiger partial charge in [0.1, 0.15) is 0 Å². The topological polar surface area (TPSA) is 84.7 Å². The summed E-state index contributed by atoms with van der Waals surface area (Å²) in [7, 11) is 0. The van der Waals surface area contributed by atoms with Gasteiger partial charge in [0.2, 0.25) is 11.8 Å². The number of hydrogen-bond donors (Lipinski definition) is 2. The molecule has 0 aromatic heterocycles. The molecular formula is C14H27N3O3. The van der Waals surface area contributed by atoms with E-state index in [1.807, 2.05) is 13.8 Å². The molecule has 2 amide bonds. The molecule has 0 saturated carbocycles. The van der Waals surface area contributed by atoms with Crippen LogP contribution in [0, 0.1) is 5.41 Å². The molecule has 0 radical (unpaired) electrons. The Morgan fingerprint density at radius 1 is 1.25 bits per heavy atom. The summed E-state index contributed by atoms with van der Waals surface area (Å²) in [5.74, 6) is 0.0275. The molecule has 0 aromatic rings. The molecule has 1 heterocycles. The maximum Gasteiger partial charge on any atom is 0.227 e. The van der Waals surface area contributed by atoms with Crippen LogP contribution in [0.5, 0.6) is 0 Å². The number of amides is 2. The lowest BCUT2D eigenvalue weighted by atomic mass is 9.81. The molecule has 116 valence electrons. The van der Waals surface area contributed by atoms with Crippen LogP contribution in [0.3, 0.4) is 0 Å². The van der Waals surface area contributed by atoms with Crippen molar-refractivity contribution in [3.8, 4) is 0 Å². The number of carbonyl (C=O) groups excluding carboxylic acids is 2. The van der Waals surface area contributed by atoms with Gasteiger partial charge in [-0.15, -0.1) is 0 Å². The van der Waals surface area contributed by atoms with E-state index < -0.39 is 5.41 Å². The van der Waals surface area contributed by atoms with Crippen molar-refractivity contribution >= 4 is 11.8 Å². The highest BCUT2D eigenvalue weighted by atomic mass is 16.5. The van der Waals surface area contributed by atoms with Crippen LogP contribution >= 0.6 is 0 Å². The van der Waals surface area contributed by atoms with Crippen LogP contribution in [-0.2, 0) is 14.3 Å².